The predicted molar refractivity (Wildman–Crippen MR) is 93.2 cm³/mol. The Labute approximate surface area is 135 Å². The Bertz CT molecular complexity index is 670. The fourth-order valence-corrected chi connectivity index (χ4v) is 3.49. The molecule has 3 rings (SSSR count). The topological polar surface area (TPSA) is 3.24 Å². The van der Waals surface area contributed by atoms with Gasteiger partial charge in [0, 0.05) is 23.8 Å². The Morgan fingerprint density at radius 2 is 1.76 bits per heavy atom. The van der Waals surface area contributed by atoms with Crippen LogP contribution in [-0.2, 0) is 19.5 Å². The number of rotatable bonds is 3. The lowest BCUT2D eigenvalue weighted by Crippen LogP contribution is -2.21. The van der Waals surface area contributed by atoms with Crippen molar-refractivity contribution in [1.29, 1.82) is 0 Å². The second-order valence-corrected chi connectivity index (χ2v) is 6.51. The molecule has 0 unspecified atom stereocenters. The van der Waals surface area contributed by atoms with Gasteiger partial charge in [0.15, 0.2) is 0 Å². The fourth-order valence-electron chi connectivity index (χ4n) is 2.83. The lowest BCUT2D eigenvalue weighted by Gasteiger charge is -2.28. The summed E-state index contributed by atoms with van der Waals surface area (Å²) in [6.07, 6.45) is 3.32. The van der Waals surface area contributed by atoms with Crippen LogP contribution in [0.1, 0.15) is 34.7 Å². The number of hydrogen-bond donors (Lipinski definition) is 0. The smallest absolute Gasteiger partial charge is 0.0437 e. The Morgan fingerprint density at radius 1 is 1.05 bits per heavy atom. The van der Waals surface area contributed by atoms with Crippen LogP contribution >= 0.6 is 15.9 Å². The second-order valence-electron chi connectivity index (χ2n) is 5.65. The number of nitrogens with zero attached hydrogens (tertiary/aromatic N) is 1. The highest BCUT2D eigenvalue weighted by atomic mass is 79.9. The Morgan fingerprint density at radius 3 is 2.48 bits per heavy atom. The van der Waals surface area contributed by atoms with Crippen LogP contribution in [0.4, 0.5) is 0 Å². The van der Waals surface area contributed by atoms with E-state index in [9.17, 15) is 0 Å². The van der Waals surface area contributed by atoms with Gasteiger partial charge < -0.3 is 4.90 Å². The summed E-state index contributed by atoms with van der Waals surface area (Å²) in [6.45, 7) is 6.32. The maximum Gasteiger partial charge on any atom is 0.0437 e. The molecule has 0 aliphatic carbocycles. The minimum atomic E-state index is 0.951. The van der Waals surface area contributed by atoms with Crippen LogP contribution in [0.2, 0.25) is 0 Å². The third kappa shape index (κ3) is 3.06. The van der Waals surface area contributed by atoms with Crippen molar-refractivity contribution in [2.24, 2.45) is 0 Å². The largest absolute Gasteiger partial charge is 0.368 e. The van der Waals surface area contributed by atoms with Crippen LogP contribution in [0, 0.1) is 6.92 Å². The van der Waals surface area contributed by atoms with Crippen LogP contribution in [0.25, 0.3) is 4.48 Å². The SMILES string of the molecule is CCc1ccc(CN2C=C(Br)c3cccc(C)c3C2)cc1. The quantitative estimate of drug-likeness (QED) is 0.735. The molecule has 0 radical (unpaired) electrons. The Kier molecular flexibility index (Phi) is 4.16. The molecule has 0 saturated carbocycles. The number of hydrogen-bond acceptors (Lipinski definition) is 1. The third-order valence-corrected chi connectivity index (χ3v) is 4.77. The van der Waals surface area contributed by atoms with Gasteiger partial charge in [-0.1, -0.05) is 49.4 Å². The predicted octanol–water partition coefficient (Wildman–Crippen LogP) is 5.27. The highest BCUT2D eigenvalue weighted by molar-refractivity contribution is 9.15. The maximum atomic E-state index is 3.72. The highest BCUT2D eigenvalue weighted by Crippen LogP contribution is 2.33. The molecular formula is C19H20BrN. The van der Waals surface area contributed by atoms with Gasteiger partial charge in [-0.25, -0.2) is 0 Å². The van der Waals surface area contributed by atoms with E-state index < -0.39 is 0 Å². The van der Waals surface area contributed by atoms with Crippen molar-refractivity contribution in [2.45, 2.75) is 33.4 Å². The molecule has 0 saturated heterocycles. The van der Waals surface area contributed by atoms with Crippen LogP contribution in [0.3, 0.4) is 0 Å². The zero-order valence-electron chi connectivity index (χ0n) is 12.6. The van der Waals surface area contributed by atoms with Gasteiger partial charge in [-0.2, -0.15) is 0 Å². The standard InChI is InChI=1S/C19H20BrN/c1-3-15-7-9-16(10-8-15)11-21-12-18-14(2)5-4-6-17(18)19(20)13-21/h4-10,13H,3,11-12H2,1-2H3. The monoisotopic (exact) mass is 341 g/mol. The molecule has 0 atom stereocenters. The van der Waals surface area contributed by atoms with Crippen molar-refractivity contribution >= 4 is 20.4 Å². The van der Waals surface area contributed by atoms with Crippen molar-refractivity contribution in [3.8, 4) is 0 Å². The van der Waals surface area contributed by atoms with Gasteiger partial charge in [0.25, 0.3) is 0 Å². The van der Waals surface area contributed by atoms with Crippen molar-refractivity contribution in [1.82, 2.24) is 4.90 Å². The van der Waals surface area contributed by atoms with Gasteiger partial charge in [0.05, 0.1) is 0 Å². The van der Waals surface area contributed by atoms with E-state index in [0.29, 0.717) is 0 Å². The van der Waals surface area contributed by atoms with E-state index in [-0.39, 0.29) is 0 Å². The molecule has 0 bridgehead atoms. The number of benzene rings is 2. The summed E-state index contributed by atoms with van der Waals surface area (Å²) in [7, 11) is 0. The minimum absolute atomic E-state index is 0.951. The highest BCUT2D eigenvalue weighted by Gasteiger charge is 2.17. The normalized spacial score (nSPS) is 13.9. The first kappa shape index (κ1) is 14.4. The lowest BCUT2D eigenvalue weighted by atomic mass is 9.98. The number of aryl methyl sites for hydroxylation is 2. The molecular weight excluding hydrogens is 322 g/mol. The second kappa shape index (κ2) is 6.07. The molecule has 0 amide bonds. The van der Waals surface area contributed by atoms with E-state index in [2.05, 4.69) is 83.3 Å². The van der Waals surface area contributed by atoms with E-state index in [1.54, 1.807) is 0 Å². The molecule has 1 heterocycles. The molecule has 0 aromatic heterocycles. The summed E-state index contributed by atoms with van der Waals surface area (Å²) in [5.74, 6) is 0. The van der Waals surface area contributed by atoms with E-state index in [1.807, 2.05) is 0 Å². The van der Waals surface area contributed by atoms with Gasteiger partial charge in [-0.05, 0) is 57.1 Å². The molecule has 0 spiro atoms. The lowest BCUT2D eigenvalue weighted by molar-refractivity contribution is 0.358. The average Bonchev–Trinajstić information content (AvgIpc) is 2.49. The number of halogens is 1. The first-order chi connectivity index (χ1) is 10.2. The molecule has 0 N–H and O–H groups in total. The van der Waals surface area contributed by atoms with Crippen LogP contribution in [-0.4, -0.2) is 4.90 Å². The summed E-state index contributed by atoms with van der Waals surface area (Å²) in [5, 5.41) is 0. The summed E-state index contributed by atoms with van der Waals surface area (Å²) < 4.78 is 1.18. The van der Waals surface area contributed by atoms with Gasteiger partial charge in [0.2, 0.25) is 0 Å². The first-order valence-electron chi connectivity index (χ1n) is 7.45. The molecule has 21 heavy (non-hydrogen) atoms. The molecule has 1 nitrogen and oxygen atoms in total. The maximum absolute atomic E-state index is 3.72. The summed E-state index contributed by atoms with van der Waals surface area (Å²) >= 11 is 3.72. The molecule has 0 fully saturated rings. The molecule has 2 aromatic carbocycles. The molecule has 1 aliphatic heterocycles. The summed E-state index contributed by atoms with van der Waals surface area (Å²) in [6, 6.07) is 15.5. The third-order valence-electron chi connectivity index (χ3n) is 4.14. The fraction of sp³-hybridized carbons (Fsp3) is 0.263. The van der Waals surface area contributed by atoms with Gasteiger partial charge in [-0.3, -0.25) is 0 Å². The first-order valence-corrected chi connectivity index (χ1v) is 8.24. The number of fused-ring (bicyclic) bond motifs is 1. The molecule has 2 heteroatoms. The van der Waals surface area contributed by atoms with E-state index in [0.717, 1.165) is 19.5 Å². The van der Waals surface area contributed by atoms with E-state index >= 15 is 0 Å². The van der Waals surface area contributed by atoms with Crippen molar-refractivity contribution < 1.29 is 0 Å². The molecule has 108 valence electrons. The van der Waals surface area contributed by atoms with E-state index in [4.69, 9.17) is 0 Å². The van der Waals surface area contributed by atoms with Gasteiger partial charge >= 0.3 is 0 Å². The van der Waals surface area contributed by atoms with Crippen LogP contribution in [0.5, 0.6) is 0 Å². The van der Waals surface area contributed by atoms with Crippen molar-refractivity contribution in [2.75, 3.05) is 0 Å². The van der Waals surface area contributed by atoms with E-state index in [1.165, 1.54) is 32.3 Å². The zero-order chi connectivity index (χ0) is 14.8. The van der Waals surface area contributed by atoms with Crippen molar-refractivity contribution in [3.63, 3.8) is 0 Å². The summed E-state index contributed by atoms with van der Waals surface area (Å²) in [5.41, 5.74) is 6.88. The van der Waals surface area contributed by atoms with Gasteiger partial charge in [-0.15, -0.1) is 0 Å². The summed E-state index contributed by atoms with van der Waals surface area (Å²) in [4.78, 5) is 2.38. The van der Waals surface area contributed by atoms with Gasteiger partial charge in [0.1, 0.15) is 0 Å². The minimum Gasteiger partial charge on any atom is -0.368 e. The van der Waals surface area contributed by atoms with Crippen LogP contribution in [0.15, 0.2) is 48.7 Å². The Balaban J connectivity index is 1.82. The van der Waals surface area contributed by atoms with Crippen molar-refractivity contribution in [3.05, 3.63) is 76.5 Å². The molecule has 2 aromatic rings. The zero-order valence-corrected chi connectivity index (χ0v) is 14.2. The Hall–Kier alpha value is -1.54. The molecule has 1 aliphatic rings. The van der Waals surface area contributed by atoms with Crippen LogP contribution < -0.4 is 0 Å². The average molecular weight is 342 g/mol.